The number of anilines is 2. The monoisotopic (exact) mass is 651 g/mol. The van der Waals surface area contributed by atoms with Crippen molar-refractivity contribution in [1.82, 2.24) is 24.5 Å². The normalized spacial score (nSPS) is 23.0. The van der Waals surface area contributed by atoms with Gasteiger partial charge in [-0.2, -0.15) is 14.8 Å². The number of aromatic nitrogens is 3. The number of rotatable bonds is 13. The molecular weight excluding hydrogens is 613 g/mol. The van der Waals surface area contributed by atoms with Gasteiger partial charge in [-0.05, 0) is 68.7 Å². The van der Waals surface area contributed by atoms with Crippen LogP contribution in [0.5, 0.6) is 5.75 Å². The van der Waals surface area contributed by atoms with Crippen molar-refractivity contribution in [1.29, 1.82) is 0 Å². The Bertz CT molecular complexity index is 1380. The number of nitrogens with two attached hydrogens (primary N) is 1. The van der Waals surface area contributed by atoms with E-state index in [1.165, 1.54) is 11.9 Å². The van der Waals surface area contributed by atoms with Crippen molar-refractivity contribution >= 4 is 61.2 Å². The van der Waals surface area contributed by atoms with Gasteiger partial charge in [0.25, 0.3) is 0 Å². The van der Waals surface area contributed by atoms with Crippen LogP contribution in [0, 0.1) is 5.92 Å². The Morgan fingerprint density at radius 2 is 1.98 bits per heavy atom. The molecule has 6 rings (SSSR count). The van der Waals surface area contributed by atoms with Gasteiger partial charge in [0.1, 0.15) is 23.9 Å². The molecule has 234 valence electrons. The molecule has 0 bridgehead atoms. The molecular formula is C28H39ClN7O5PS. The third-order valence-electron chi connectivity index (χ3n) is 7.33. The molecule has 4 unspecified atom stereocenters. The first-order chi connectivity index (χ1) is 20.8. The minimum Gasteiger partial charge on any atom is -0.436 e. The number of hydrogen-bond donors (Lipinski definition) is 3. The van der Waals surface area contributed by atoms with Gasteiger partial charge in [-0.25, -0.2) is 5.09 Å². The lowest BCUT2D eigenvalue weighted by atomic mass is 10.1. The highest BCUT2D eigenvalue weighted by molar-refractivity contribution is 7.96. The van der Waals surface area contributed by atoms with Gasteiger partial charge in [0, 0.05) is 37.4 Å². The van der Waals surface area contributed by atoms with Gasteiger partial charge in [-0.3, -0.25) is 5.01 Å². The van der Waals surface area contributed by atoms with Crippen LogP contribution in [-0.2, 0) is 18.8 Å². The van der Waals surface area contributed by atoms with Gasteiger partial charge in [0.15, 0.2) is 5.82 Å². The molecule has 4 atom stereocenters. The summed E-state index contributed by atoms with van der Waals surface area (Å²) in [6.45, 7) is 2.47. The number of benzene rings is 1. The summed E-state index contributed by atoms with van der Waals surface area (Å²) in [4.78, 5) is 24.2. The maximum atomic E-state index is 11.6. The van der Waals surface area contributed by atoms with Crippen molar-refractivity contribution in [2.75, 3.05) is 37.8 Å². The summed E-state index contributed by atoms with van der Waals surface area (Å²) in [7, 11) is 1.67. The number of nitrogens with one attached hydrogen (secondary N) is 2. The molecule has 3 fully saturated rings. The van der Waals surface area contributed by atoms with E-state index in [0.29, 0.717) is 23.4 Å². The van der Waals surface area contributed by atoms with Gasteiger partial charge >= 0.3 is 8.53 Å². The predicted molar refractivity (Wildman–Crippen MR) is 171 cm³/mol. The van der Waals surface area contributed by atoms with Gasteiger partial charge in [-0.1, -0.05) is 30.5 Å². The van der Waals surface area contributed by atoms with E-state index in [4.69, 9.17) is 31.1 Å². The summed E-state index contributed by atoms with van der Waals surface area (Å²) in [5, 5.41) is 6.91. The van der Waals surface area contributed by atoms with Gasteiger partial charge in [0.05, 0.1) is 23.6 Å². The van der Waals surface area contributed by atoms with E-state index in [0.717, 1.165) is 55.2 Å². The quantitative estimate of drug-likeness (QED) is 0.0963. The van der Waals surface area contributed by atoms with Crippen LogP contribution in [0.4, 0.5) is 11.8 Å². The van der Waals surface area contributed by atoms with Crippen molar-refractivity contribution in [3.63, 3.8) is 0 Å². The van der Waals surface area contributed by atoms with Gasteiger partial charge in [-0.15, -0.1) is 0 Å². The number of hydrogen-bond acceptors (Lipinski definition) is 12. The highest BCUT2D eigenvalue weighted by atomic mass is 35.5. The second-order valence-corrected chi connectivity index (χ2v) is 13.2. The van der Waals surface area contributed by atoms with Crippen LogP contribution in [0.25, 0.3) is 11.0 Å². The molecule has 2 aromatic heterocycles. The van der Waals surface area contributed by atoms with Crippen LogP contribution < -0.4 is 25.2 Å². The average molecular weight is 652 g/mol. The van der Waals surface area contributed by atoms with E-state index in [9.17, 15) is 4.79 Å². The van der Waals surface area contributed by atoms with Crippen molar-refractivity contribution in [2.24, 2.45) is 5.92 Å². The molecule has 3 aromatic rings. The van der Waals surface area contributed by atoms with E-state index in [1.807, 2.05) is 23.1 Å². The SMILES string of the molecule is COC.CSNN(c1nc(N)nc2c1ccn2C1OC(COP(NC2(C=O)CC2)Oc2ccc(Cl)cc2)CC1C)C1CC1. The first-order valence-corrected chi connectivity index (χ1v) is 17.0. The molecule has 1 aliphatic heterocycles. The highest BCUT2D eigenvalue weighted by Gasteiger charge is 2.46. The maximum Gasteiger partial charge on any atom is 0.319 e. The summed E-state index contributed by atoms with van der Waals surface area (Å²) in [6, 6.07) is 9.50. The third kappa shape index (κ3) is 7.90. The maximum absolute atomic E-state index is 11.6. The Labute approximate surface area is 262 Å². The summed E-state index contributed by atoms with van der Waals surface area (Å²) < 4.78 is 25.1. The Morgan fingerprint density at radius 1 is 1.26 bits per heavy atom. The zero-order valence-corrected chi connectivity index (χ0v) is 27.2. The zero-order valence-electron chi connectivity index (χ0n) is 24.7. The molecule has 0 spiro atoms. The average Bonchev–Trinajstić information content (AvgIpc) is 3.90. The Kier molecular flexibility index (Phi) is 10.7. The molecule has 2 saturated carbocycles. The fraction of sp³-hybridized carbons (Fsp3) is 0.536. The van der Waals surface area contributed by atoms with E-state index >= 15 is 0 Å². The van der Waals surface area contributed by atoms with E-state index in [1.54, 1.807) is 38.5 Å². The minimum absolute atomic E-state index is 0.163. The van der Waals surface area contributed by atoms with Crippen molar-refractivity contribution in [3.8, 4) is 5.75 Å². The first kappa shape index (κ1) is 32.2. The number of methoxy groups -OCH3 is 1. The lowest BCUT2D eigenvalue weighted by Gasteiger charge is -2.24. The van der Waals surface area contributed by atoms with E-state index in [2.05, 4.69) is 36.6 Å². The fourth-order valence-corrected chi connectivity index (χ4v) is 6.88. The second-order valence-electron chi connectivity index (χ2n) is 11.0. The zero-order chi connectivity index (χ0) is 30.6. The molecule has 4 N–H and O–H groups in total. The summed E-state index contributed by atoms with van der Waals surface area (Å²) in [6.07, 6.45) is 9.07. The molecule has 15 heteroatoms. The number of carbonyl (C=O) groups is 1. The number of carbonyl (C=O) groups excluding carboxylic acids is 1. The second kappa shape index (κ2) is 14.3. The van der Waals surface area contributed by atoms with Crippen molar-refractivity contribution in [2.45, 2.75) is 62.9 Å². The smallest absolute Gasteiger partial charge is 0.319 e. The summed E-state index contributed by atoms with van der Waals surface area (Å²) >= 11 is 7.55. The largest absolute Gasteiger partial charge is 0.436 e. The number of fused-ring (bicyclic) bond motifs is 1. The molecule has 12 nitrogen and oxygen atoms in total. The number of hydrazine groups is 1. The first-order valence-electron chi connectivity index (χ1n) is 14.2. The van der Waals surface area contributed by atoms with Crippen LogP contribution >= 0.6 is 32.1 Å². The molecule has 3 aliphatic rings. The molecule has 2 aliphatic carbocycles. The topological polar surface area (TPSA) is 138 Å². The predicted octanol–water partition coefficient (Wildman–Crippen LogP) is 5.25. The summed E-state index contributed by atoms with van der Waals surface area (Å²) in [5.41, 5.74) is 6.34. The highest BCUT2D eigenvalue weighted by Crippen LogP contribution is 2.46. The van der Waals surface area contributed by atoms with Crippen LogP contribution in [0.3, 0.4) is 0 Å². The Hall–Kier alpha value is -2.22. The van der Waals surface area contributed by atoms with Crippen LogP contribution in [0.1, 0.15) is 45.3 Å². The number of nitrogens with zero attached hydrogens (tertiary/aromatic N) is 4. The van der Waals surface area contributed by atoms with Crippen LogP contribution in [0.15, 0.2) is 36.5 Å². The molecule has 1 saturated heterocycles. The van der Waals surface area contributed by atoms with Crippen LogP contribution in [-0.4, -0.2) is 65.6 Å². The molecule has 0 radical (unpaired) electrons. The van der Waals surface area contributed by atoms with Crippen molar-refractivity contribution < 1.29 is 23.3 Å². The number of nitrogen functional groups attached to an aromatic ring is 1. The van der Waals surface area contributed by atoms with Crippen molar-refractivity contribution in [3.05, 3.63) is 41.6 Å². The number of aldehydes is 1. The molecule has 0 amide bonds. The van der Waals surface area contributed by atoms with Gasteiger partial charge in [0.2, 0.25) is 5.95 Å². The molecule has 3 heterocycles. The summed E-state index contributed by atoms with van der Waals surface area (Å²) in [5.74, 6) is 1.82. The Morgan fingerprint density at radius 3 is 2.60 bits per heavy atom. The van der Waals surface area contributed by atoms with Gasteiger partial charge < -0.3 is 33.6 Å². The Balaban J connectivity index is 0.00000118. The lowest BCUT2D eigenvalue weighted by molar-refractivity contribution is -0.110. The van der Waals surface area contributed by atoms with E-state index in [-0.39, 0.29) is 24.2 Å². The molecule has 1 aromatic carbocycles. The molecule has 43 heavy (non-hydrogen) atoms. The lowest BCUT2D eigenvalue weighted by Crippen LogP contribution is -2.36. The van der Waals surface area contributed by atoms with E-state index < -0.39 is 14.1 Å². The third-order valence-corrected chi connectivity index (χ3v) is 9.35. The number of halogens is 1. The number of ether oxygens (including phenoxy) is 2. The van der Waals surface area contributed by atoms with Crippen LogP contribution in [0.2, 0.25) is 5.02 Å². The fourth-order valence-electron chi connectivity index (χ4n) is 4.91. The standard InChI is InChI=1S/C26H33ClN7O4PS.C2H6O/c1-16-13-20(14-36-39(31-26(15-35)10-11-26)38-19-7-3-17(27)4-8-19)37-24(16)33-12-9-21-22(33)29-25(28)30-23(21)34(32-40-2)18-5-6-18;1-3-2/h3-4,7-9,12,15-16,18,20,24,31-32H,5-6,10-11,13-14H2,1-2H3,(H2,28,29,30);1-2H3. The minimum atomic E-state index is -1.58.